The molecular weight excluding hydrogens is 119 g/mol. The third-order valence-electron chi connectivity index (χ3n) is 1.16. The Hall–Kier alpha value is -0.383. The normalized spacial score (nSPS) is 8.20. The van der Waals surface area contributed by atoms with Gasteiger partial charge >= 0.3 is 18.9 Å². The van der Waals surface area contributed by atoms with Gasteiger partial charge in [-0.25, -0.2) is 0 Å². The van der Waals surface area contributed by atoms with Crippen LogP contribution in [0.5, 0.6) is 5.75 Å². The van der Waals surface area contributed by atoms with E-state index >= 15 is 0 Å². The largest absolute Gasteiger partial charge is 1.00 e. The molecule has 0 aliphatic carbocycles. The Morgan fingerprint density at radius 1 is 1.40 bits per heavy atom. The van der Waals surface area contributed by atoms with Crippen LogP contribution in [0, 0.1) is 13.0 Å². The fourth-order valence-electron chi connectivity index (χ4n) is 0.615. The van der Waals surface area contributed by atoms with Gasteiger partial charge in [-0.05, 0) is 0 Å². The molecule has 0 fully saturated rings. The molecule has 0 saturated carbocycles. The third kappa shape index (κ3) is 2.47. The zero-order chi connectivity index (χ0) is 6.69. The van der Waals surface area contributed by atoms with Crippen molar-refractivity contribution >= 4 is 0 Å². The molecule has 1 aromatic rings. The van der Waals surface area contributed by atoms with E-state index in [0.717, 1.165) is 5.75 Å². The van der Waals surface area contributed by atoms with Crippen LogP contribution < -0.4 is 23.6 Å². The Morgan fingerprint density at radius 3 is 2.50 bits per heavy atom. The SMILES string of the molecule is COc1[c-]cc(C)cc1.[Li+]. The van der Waals surface area contributed by atoms with E-state index in [1.54, 1.807) is 7.11 Å². The first kappa shape index (κ1) is 9.62. The van der Waals surface area contributed by atoms with E-state index in [1.807, 2.05) is 25.1 Å². The predicted molar refractivity (Wildman–Crippen MR) is 36.6 cm³/mol. The second-order valence-electron chi connectivity index (χ2n) is 1.93. The standard InChI is InChI=1S/C8H9O.Li/c1-7-3-5-8(9-2)6-4-7;/h3-5H,1-2H3;/q-1;+1. The van der Waals surface area contributed by atoms with Gasteiger partial charge in [-0.15, -0.1) is 12.1 Å². The van der Waals surface area contributed by atoms with Crippen molar-refractivity contribution in [3.63, 3.8) is 0 Å². The molecule has 0 amide bonds. The first-order valence-electron chi connectivity index (χ1n) is 2.85. The molecule has 0 N–H and O–H groups in total. The van der Waals surface area contributed by atoms with Gasteiger partial charge in [0.05, 0.1) is 7.11 Å². The fourth-order valence-corrected chi connectivity index (χ4v) is 0.615. The van der Waals surface area contributed by atoms with Gasteiger partial charge < -0.3 is 4.74 Å². The summed E-state index contributed by atoms with van der Waals surface area (Å²) in [4.78, 5) is 0. The molecule has 0 aliphatic heterocycles. The average Bonchev–Trinajstić information content (AvgIpc) is 1.90. The number of methoxy groups -OCH3 is 1. The molecule has 1 aromatic carbocycles. The molecule has 0 bridgehead atoms. The molecule has 48 valence electrons. The minimum Gasteiger partial charge on any atom is -0.523 e. The number of benzene rings is 1. The quantitative estimate of drug-likeness (QED) is 0.341. The summed E-state index contributed by atoms with van der Waals surface area (Å²) in [6.45, 7) is 2.02. The maximum atomic E-state index is 4.91. The van der Waals surface area contributed by atoms with Gasteiger partial charge in [-0.2, -0.15) is 17.7 Å². The summed E-state index contributed by atoms with van der Waals surface area (Å²) < 4.78 is 4.91. The summed E-state index contributed by atoms with van der Waals surface area (Å²) >= 11 is 0. The van der Waals surface area contributed by atoms with Gasteiger partial charge in [0.25, 0.3) is 0 Å². The summed E-state index contributed by atoms with van der Waals surface area (Å²) in [5.74, 6) is 0.792. The smallest absolute Gasteiger partial charge is 0.523 e. The van der Waals surface area contributed by atoms with Crippen molar-refractivity contribution in [2.45, 2.75) is 6.92 Å². The van der Waals surface area contributed by atoms with Gasteiger partial charge in [-0.3, -0.25) is 0 Å². The van der Waals surface area contributed by atoms with Crippen LogP contribution in [0.25, 0.3) is 0 Å². The van der Waals surface area contributed by atoms with Crippen LogP contribution in [-0.2, 0) is 0 Å². The van der Waals surface area contributed by atoms with Gasteiger partial charge in [-0.1, -0.05) is 6.92 Å². The van der Waals surface area contributed by atoms with Crippen LogP contribution in [-0.4, -0.2) is 7.11 Å². The molecule has 0 atom stereocenters. The average molecular weight is 128 g/mol. The van der Waals surface area contributed by atoms with Crippen molar-refractivity contribution in [1.82, 2.24) is 0 Å². The topological polar surface area (TPSA) is 9.23 Å². The molecule has 1 nitrogen and oxygen atoms in total. The molecule has 0 aliphatic rings. The van der Waals surface area contributed by atoms with Crippen LogP contribution in [0.2, 0.25) is 0 Å². The van der Waals surface area contributed by atoms with Crippen molar-refractivity contribution in [3.8, 4) is 5.75 Å². The second-order valence-corrected chi connectivity index (χ2v) is 1.93. The zero-order valence-electron chi connectivity index (χ0n) is 6.64. The second kappa shape index (κ2) is 4.44. The molecule has 0 unspecified atom stereocenters. The van der Waals surface area contributed by atoms with Crippen LogP contribution in [0.1, 0.15) is 5.56 Å². The van der Waals surface area contributed by atoms with Gasteiger partial charge in [0, 0.05) is 5.75 Å². The van der Waals surface area contributed by atoms with Crippen LogP contribution in [0.4, 0.5) is 0 Å². The monoisotopic (exact) mass is 128 g/mol. The molecular formula is C8H9LiO. The van der Waals surface area contributed by atoms with Crippen molar-refractivity contribution in [3.05, 3.63) is 29.8 Å². The minimum atomic E-state index is 0. The predicted octanol–water partition coefficient (Wildman–Crippen LogP) is -1.19. The summed E-state index contributed by atoms with van der Waals surface area (Å²) in [6.07, 6.45) is 0. The molecule has 10 heavy (non-hydrogen) atoms. The van der Waals surface area contributed by atoms with E-state index in [9.17, 15) is 0 Å². The Morgan fingerprint density at radius 2 is 2.10 bits per heavy atom. The maximum absolute atomic E-state index is 4.91. The zero-order valence-corrected chi connectivity index (χ0v) is 6.64. The Bertz CT molecular complexity index is 181. The first-order chi connectivity index (χ1) is 4.33. The summed E-state index contributed by atoms with van der Waals surface area (Å²) in [6, 6.07) is 8.76. The molecule has 1 rings (SSSR count). The molecule has 0 heterocycles. The Kier molecular flexibility index (Phi) is 4.27. The summed E-state index contributed by atoms with van der Waals surface area (Å²) in [5.41, 5.74) is 1.20. The van der Waals surface area contributed by atoms with E-state index in [2.05, 4.69) is 6.07 Å². The maximum Gasteiger partial charge on any atom is 1.00 e. The third-order valence-corrected chi connectivity index (χ3v) is 1.16. The molecule has 0 aromatic heterocycles. The molecule has 0 spiro atoms. The van der Waals surface area contributed by atoms with Crippen LogP contribution in [0.15, 0.2) is 18.2 Å². The van der Waals surface area contributed by atoms with Gasteiger partial charge in [0.2, 0.25) is 0 Å². The van der Waals surface area contributed by atoms with Crippen LogP contribution in [0.3, 0.4) is 0 Å². The van der Waals surface area contributed by atoms with Crippen molar-refractivity contribution in [2.24, 2.45) is 0 Å². The number of hydrogen-bond acceptors (Lipinski definition) is 1. The molecule has 2 heteroatoms. The van der Waals surface area contributed by atoms with Crippen molar-refractivity contribution in [2.75, 3.05) is 7.11 Å². The van der Waals surface area contributed by atoms with E-state index in [-0.39, 0.29) is 18.9 Å². The number of hydrogen-bond donors (Lipinski definition) is 0. The van der Waals surface area contributed by atoms with Crippen molar-refractivity contribution < 1.29 is 23.6 Å². The van der Waals surface area contributed by atoms with Gasteiger partial charge in [0.15, 0.2) is 0 Å². The number of rotatable bonds is 1. The van der Waals surface area contributed by atoms with E-state index in [0.29, 0.717) is 0 Å². The number of ether oxygens (including phenoxy) is 1. The fraction of sp³-hybridized carbons (Fsp3) is 0.250. The Labute approximate surface area is 73.6 Å². The first-order valence-corrected chi connectivity index (χ1v) is 2.85. The molecule has 0 radical (unpaired) electrons. The summed E-state index contributed by atoms with van der Waals surface area (Å²) in [5, 5.41) is 0. The van der Waals surface area contributed by atoms with E-state index in [4.69, 9.17) is 4.74 Å². The van der Waals surface area contributed by atoms with E-state index < -0.39 is 0 Å². The van der Waals surface area contributed by atoms with Gasteiger partial charge in [0.1, 0.15) is 0 Å². The summed E-state index contributed by atoms with van der Waals surface area (Å²) in [7, 11) is 1.64. The van der Waals surface area contributed by atoms with Crippen molar-refractivity contribution in [1.29, 1.82) is 0 Å². The Balaban J connectivity index is 0.000000810. The van der Waals surface area contributed by atoms with E-state index in [1.165, 1.54) is 5.56 Å². The molecule has 0 saturated heterocycles. The minimum absolute atomic E-state index is 0. The number of aryl methyl sites for hydroxylation is 1. The van der Waals surface area contributed by atoms with Crippen LogP contribution >= 0.6 is 0 Å².